The molecule has 3 N–H and O–H groups in total. The Labute approximate surface area is 224 Å². The Kier molecular flexibility index (Phi) is 9.85. The molecule has 13 heteroatoms. The molecule has 4 heterocycles. The number of nitrogens with one attached hydrogen (secondary N) is 2. The molecular formula is C25H33N5O7S. The van der Waals surface area contributed by atoms with Crippen molar-refractivity contribution >= 4 is 34.8 Å². The van der Waals surface area contributed by atoms with Crippen LogP contribution in [0.5, 0.6) is 11.5 Å². The summed E-state index contributed by atoms with van der Waals surface area (Å²) in [7, 11) is 1.61. The predicted octanol–water partition coefficient (Wildman–Crippen LogP) is 1.84. The van der Waals surface area contributed by atoms with E-state index in [4.69, 9.17) is 24.1 Å². The second kappa shape index (κ2) is 13.5. The van der Waals surface area contributed by atoms with Crippen LogP contribution in [0.25, 0.3) is 0 Å². The van der Waals surface area contributed by atoms with E-state index >= 15 is 0 Å². The third-order valence-electron chi connectivity index (χ3n) is 6.76. The summed E-state index contributed by atoms with van der Waals surface area (Å²) < 4.78 is 17.0. The number of carbonyl (C=O) groups is 3. The van der Waals surface area contributed by atoms with Crippen LogP contribution in [0, 0.1) is 0 Å². The predicted molar refractivity (Wildman–Crippen MR) is 139 cm³/mol. The lowest BCUT2D eigenvalue weighted by molar-refractivity contribution is -0.131. The summed E-state index contributed by atoms with van der Waals surface area (Å²) in [6.07, 6.45) is 3.24. The van der Waals surface area contributed by atoms with Crippen LogP contribution >= 0.6 is 11.3 Å². The smallest absolute Gasteiger partial charge is 0.290 e. The number of hydrogen-bond acceptors (Lipinski definition) is 10. The highest BCUT2D eigenvalue weighted by Crippen LogP contribution is 2.36. The normalized spacial score (nSPS) is 21.5. The summed E-state index contributed by atoms with van der Waals surface area (Å²) in [5.41, 5.74) is 0.992. The molecule has 0 unspecified atom stereocenters. The lowest BCUT2D eigenvalue weighted by Crippen LogP contribution is -2.34. The number of anilines is 1. The van der Waals surface area contributed by atoms with E-state index in [1.54, 1.807) is 12.0 Å². The van der Waals surface area contributed by atoms with Crippen molar-refractivity contribution in [1.82, 2.24) is 20.4 Å². The topological polar surface area (TPSA) is 152 Å². The van der Waals surface area contributed by atoms with E-state index in [2.05, 4.69) is 20.8 Å². The fraction of sp³-hybridized carbons (Fsp3) is 0.560. The van der Waals surface area contributed by atoms with E-state index in [1.165, 1.54) is 11.3 Å². The van der Waals surface area contributed by atoms with Gasteiger partial charge >= 0.3 is 0 Å². The van der Waals surface area contributed by atoms with Gasteiger partial charge in [-0.25, -0.2) is 0 Å². The van der Waals surface area contributed by atoms with Gasteiger partial charge in [0.25, 0.3) is 6.47 Å². The molecule has 2 aromatic rings. The molecule has 0 aliphatic carbocycles. The van der Waals surface area contributed by atoms with E-state index in [-0.39, 0.29) is 36.9 Å². The monoisotopic (exact) mass is 547 g/mol. The van der Waals surface area contributed by atoms with Gasteiger partial charge in [0.15, 0.2) is 11.5 Å². The standard InChI is InChI=1S/C24H31N5O5S.CH2O2/c1-32-19-3-2-16(10-20(19)34-18-6-9-33-14-18)17-11-22(31)29(12-17)13-21(30)26-24-28-27-23(35-24)15-4-7-25-8-5-15;2-1-3/h2-3,10,15,17-18,25H,4-9,11-14H2,1H3,(H,26,28,30);1H,(H,2,3)/t17-,18-;/m1./s1. The molecule has 0 radical (unpaired) electrons. The number of ether oxygens (including phenoxy) is 3. The van der Waals surface area contributed by atoms with Gasteiger partial charge in [-0.15, -0.1) is 10.2 Å². The van der Waals surface area contributed by atoms with Gasteiger partial charge in [0.2, 0.25) is 16.9 Å². The van der Waals surface area contributed by atoms with Crippen LogP contribution < -0.4 is 20.1 Å². The van der Waals surface area contributed by atoms with Crippen molar-refractivity contribution in [2.24, 2.45) is 0 Å². The number of amides is 2. The molecule has 1 aromatic heterocycles. The van der Waals surface area contributed by atoms with Crippen LogP contribution in [-0.2, 0) is 19.1 Å². The van der Waals surface area contributed by atoms with Gasteiger partial charge in [-0.1, -0.05) is 17.4 Å². The maximum absolute atomic E-state index is 12.7. The zero-order valence-corrected chi connectivity index (χ0v) is 22.1. The van der Waals surface area contributed by atoms with Crippen LogP contribution in [0.2, 0.25) is 0 Å². The van der Waals surface area contributed by atoms with Crippen molar-refractivity contribution in [2.45, 2.75) is 43.6 Å². The number of rotatable bonds is 8. The second-order valence-corrected chi connectivity index (χ2v) is 10.3. The van der Waals surface area contributed by atoms with Crippen LogP contribution in [0.4, 0.5) is 5.13 Å². The molecule has 3 aliphatic heterocycles. The number of piperidine rings is 1. The number of methoxy groups -OCH3 is 1. The molecule has 38 heavy (non-hydrogen) atoms. The largest absolute Gasteiger partial charge is 0.493 e. The van der Waals surface area contributed by atoms with Crippen molar-refractivity contribution in [3.05, 3.63) is 28.8 Å². The van der Waals surface area contributed by atoms with Crippen molar-refractivity contribution in [2.75, 3.05) is 51.8 Å². The van der Waals surface area contributed by atoms with Crippen molar-refractivity contribution in [3.8, 4) is 11.5 Å². The minimum absolute atomic E-state index is 0.000186. The molecule has 0 saturated carbocycles. The van der Waals surface area contributed by atoms with Crippen LogP contribution in [0.15, 0.2) is 18.2 Å². The maximum Gasteiger partial charge on any atom is 0.290 e. The molecule has 206 valence electrons. The average molecular weight is 548 g/mol. The van der Waals surface area contributed by atoms with Crippen molar-refractivity contribution in [3.63, 3.8) is 0 Å². The number of likely N-dealkylation sites (tertiary alicyclic amines) is 1. The van der Waals surface area contributed by atoms with Gasteiger partial charge in [-0.05, 0) is 43.6 Å². The Hall–Kier alpha value is -3.29. The number of aromatic nitrogens is 2. The molecular weight excluding hydrogens is 514 g/mol. The molecule has 0 spiro atoms. The first kappa shape index (κ1) is 27.7. The van der Waals surface area contributed by atoms with Crippen molar-refractivity contribution < 1.29 is 33.7 Å². The van der Waals surface area contributed by atoms with E-state index in [0.29, 0.717) is 48.7 Å². The van der Waals surface area contributed by atoms with E-state index in [9.17, 15) is 9.59 Å². The zero-order chi connectivity index (χ0) is 26.9. The molecule has 5 rings (SSSR count). The molecule has 2 amide bonds. The molecule has 1 aromatic carbocycles. The van der Waals surface area contributed by atoms with Gasteiger partial charge < -0.3 is 29.5 Å². The number of nitrogens with zero attached hydrogens (tertiary/aromatic N) is 3. The van der Waals surface area contributed by atoms with E-state index < -0.39 is 0 Å². The number of carbonyl (C=O) groups excluding carboxylic acids is 2. The molecule has 3 saturated heterocycles. The third kappa shape index (κ3) is 7.17. The summed E-state index contributed by atoms with van der Waals surface area (Å²) in [6.45, 7) is 3.42. The average Bonchev–Trinajstić information content (AvgIpc) is 3.68. The Balaban J connectivity index is 0.00000107. The fourth-order valence-corrected chi connectivity index (χ4v) is 5.75. The summed E-state index contributed by atoms with van der Waals surface area (Å²) in [6, 6.07) is 5.78. The Bertz CT molecular complexity index is 1100. The SMILES string of the molecule is COc1ccc([C@@H]2CC(=O)N(CC(=O)Nc3nnc(C4CCNCC4)s3)C2)cc1O[C@@H]1CCOC1.O=CO. The van der Waals surface area contributed by atoms with E-state index in [0.717, 1.165) is 42.9 Å². The maximum atomic E-state index is 12.7. The minimum Gasteiger partial charge on any atom is -0.493 e. The van der Waals surface area contributed by atoms with E-state index in [1.807, 2.05) is 18.2 Å². The van der Waals surface area contributed by atoms with Gasteiger partial charge in [0.05, 0.1) is 26.9 Å². The second-order valence-electron chi connectivity index (χ2n) is 9.31. The first-order valence-electron chi connectivity index (χ1n) is 12.6. The van der Waals surface area contributed by atoms with Crippen LogP contribution in [0.3, 0.4) is 0 Å². The fourth-order valence-electron chi connectivity index (χ4n) is 4.82. The summed E-state index contributed by atoms with van der Waals surface area (Å²) in [4.78, 5) is 35.3. The molecule has 0 bridgehead atoms. The van der Waals surface area contributed by atoms with Gasteiger partial charge in [0, 0.05) is 31.2 Å². The summed E-state index contributed by atoms with van der Waals surface area (Å²) in [5.74, 6) is 1.38. The van der Waals surface area contributed by atoms with Gasteiger partial charge in [-0.3, -0.25) is 19.7 Å². The van der Waals surface area contributed by atoms with Crippen LogP contribution in [-0.4, -0.2) is 91.1 Å². The lowest BCUT2D eigenvalue weighted by Gasteiger charge is -2.19. The quantitative estimate of drug-likeness (QED) is 0.417. The number of carboxylic acid groups (broad SMARTS) is 1. The number of benzene rings is 1. The molecule has 2 atom stereocenters. The zero-order valence-electron chi connectivity index (χ0n) is 21.3. The summed E-state index contributed by atoms with van der Waals surface area (Å²) >= 11 is 1.42. The molecule has 3 fully saturated rings. The lowest BCUT2D eigenvalue weighted by atomic mass is 9.98. The first-order valence-corrected chi connectivity index (χ1v) is 13.4. The molecule has 12 nitrogen and oxygen atoms in total. The van der Waals surface area contributed by atoms with Crippen LogP contribution in [0.1, 0.15) is 48.1 Å². The minimum atomic E-state index is -0.257. The Morgan fingerprint density at radius 2 is 2.05 bits per heavy atom. The third-order valence-corrected chi connectivity index (χ3v) is 7.77. The molecule has 3 aliphatic rings. The Morgan fingerprint density at radius 3 is 2.76 bits per heavy atom. The number of hydrogen-bond donors (Lipinski definition) is 3. The summed E-state index contributed by atoms with van der Waals surface area (Å²) in [5, 5.41) is 22.9. The first-order chi connectivity index (χ1) is 18.5. The highest BCUT2D eigenvalue weighted by atomic mass is 32.1. The van der Waals surface area contributed by atoms with Crippen molar-refractivity contribution in [1.29, 1.82) is 0 Å². The highest BCUT2D eigenvalue weighted by molar-refractivity contribution is 7.15. The van der Waals surface area contributed by atoms with Gasteiger partial charge in [0.1, 0.15) is 11.1 Å². The highest BCUT2D eigenvalue weighted by Gasteiger charge is 2.33. The Morgan fingerprint density at radius 1 is 1.26 bits per heavy atom. The van der Waals surface area contributed by atoms with Gasteiger partial charge in [-0.2, -0.15) is 0 Å².